The molecule has 0 spiro atoms. The summed E-state index contributed by atoms with van der Waals surface area (Å²) in [5.74, 6) is 0.252. The number of aromatic hydroxyl groups is 1. The van der Waals surface area contributed by atoms with Crippen LogP contribution < -0.4 is 5.32 Å². The van der Waals surface area contributed by atoms with Gasteiger partial charge in [-0.15, -0.1) is 0 Å². The van der Waals surface area contributed by atoms with Gasteiger partial charge in [-0.2, -0.15) is 0 Å². The highest BCUT2D eigenvalue weighted by molar-refractivity contribution is 5.26. The quantitative estimate of drug-likeness (QED) is 0.805. The lowest BCUT2D eigenvalue weighted by Crippen LogP contribution is -2.42. The van der Waals surface area contributed by atoms with Crippen LogP contribution in [0.3, 0.4) is 0 Å². The van der Waals surface area contributed by atoms with Crippen LogP contribution in [0.5, 0.6) is 5.75 Å². The van der Waals surface area contributed by atoms with E-state index in [2.05, 4.69) is 29.6 Å². The van der Waals surface area contributed by atoms with Crippen molar-refractivity contribution in [1.82, 2.24) is 5.32 Å². The summed E-state index contributed by atoms with van der Waals surface area (Å²) in [6, 6.07) is 17.7. The number of hydrogen-bond donors (Lipinski definition) is 2. The fourth-order valence-corrected chi connectivity index (χ4v) is 2.69. The lowest BCUT2D eigenvalue weighted by Gasteiger charge is -2.30. The van der Waals surface area contributed by atoms with E-state index in [0.717, 1.165) is 24.9 Å². The summed E-state index contributed by atoms with van der Waals surface area (Å²) in [7, 11) is 0. The molecule has 4 heteroatoms. The molecule has 1 aliphatic rings. The van der Waals surface area contributed by atoms with E-state index in [4.69, 9.17) is 9.47 Å². The normalized spacial score (nSPS) is 21.2. The minimum Gasteiger partial charge on any atom is -0.508 e. The molecule has 0 atom stereocenters. The summed E-state index contributed by atoms with van der Waals surface area (Å²) in [5, 5.41) is 12.8. The third-order valence-corrected chi connectivity index (χ3v) is 3.98. The van der Waals surface area contributed by atoms with Crippen LogP contribution in [0.4, 0.5) is 0 Å². The molecular weight excluding hydrogens is 290 g/mol. The van der Waals surface area contributed by atoms with Gasteiger partial charge < -0.3 is 19.9 Å². The standard InChI is InChI=1S/C19H23NO3/c21-18-10-8-16(9-11-18)19-22-13-17(14-23-19)20-12-4-7-15-5-2-1-3-6-15/h1-3,5-6,8-11,17,19-21H,4,7,12-14H2. The Kier molecular flexibility index (Phi) is 5.64. The van der Waals surface area contributed by atoms with Crippen LogP contribution >= 0.6 is 0 Å². The first-order valence-corrected chi connectivity index (χ1v) is 8.11. The van der Waals surface area contributed by atoms with Crippen LogP contribution in [0.25, 0.3) is 0 Å². The van der Waals surface area contributed by atoms with Crippen molar-refractivity contribution in [2.24, 2.45) is 0 Å². The first-order chi connectivity index (χ1) is 11.3. The Labute approximate surface area is 137 Å². The Balaban J connectivity index is 1.35. The van der Waals surface area contributed by atoms with Crippen molar-refractivity contribution in [2.75, 3.05) is 19.8 Å². The number of phenolic OH excluding ortho intramolecular Hbond substituents is 1. The van der Waals surface area contributed by atoms with Gasteiger partial charge in [0.15, 0.2) is 6.29 Å². The van der Waals surface area contributed by atoms with Gasteiger partial charge in [0.05, 0.1) is 19.3 Å². The van der Waals surface area contributed by atoms with Crippen LogP contribution in [0.1, 0.15) is 23.8 Å². The predicted molar refractivity (Wildman–Crippen MR) is 89.3 cm³/mol. The van der Waals surface area contributed by atoms with E-state index in [1.54, 1.807) is 12.1 Å². The van der Waals surface area contributed by atoms with E-state index >= 15 is 0 Å². The summed E-state index contributed by atoms with van der Waals surface area (Å²) in [4.78, 5) is 0. The van der Waals surface area contributed by atoms with Gasteiger partial charge in [-0.1, -0.05) is 42.5 Å². The van der Waals surface area contributed by atoms with Crippen molar-refractivity contribution in [2.45, 2.75) is 25.2 Å². The average molecular weight is 313 g/mol. The Morgan fingerprint density at radius 1 is 0.957 bits per heavy atom. The van der Waals surface area contributed by atoms with Crippen LogP contribution in [-0.2, 0) is 15.9 Å². The SMILES string of the molecule is Oc1ccc(C2OCC(NCCCc3ccccc3)CO2)cc1. The van der Waals surface area contributed by atoms with E-state index in [-0.39, 0.29) is 18.1 Å². The monoisotopic (exact) mass is 313 g/mol. The van der Waals surface area contributed by atoms with E-state index in [1.807, 2.05) is 18.2 Å². The van der Waals surface area contributed by atoms with Crippen molar-refractivity contribution in [3.8, 4) is 5.75 Å². The minimum absolute atomic E-state index is 0.235. The Hall–Kier alpha value is -1.88. The number of aryl methyl sites for hydroxylation is 1. The second-order valence-electron chi connectivity index (χ2n) is 5.83. The zero-order valence-corrected chi connectivity index (χ0v) is 13.2. The Morgan fingerprint density at radius 2 is 1.65 bits per heavy atom. The molecule has 3 rings (SSSR count). The van der Waals surface area contributed by atoms with Gasteiger partial charge in [0, 0.05) is 5.56 Å². The number of benzene rings is 2. The molecule has 0 unspecified atom stereocenters. The molecule has 1 heterocycles. The average Bonchev–Trinajstić information content (AvgIpc) is 2.61. The molecule has 2 aromatic carbocycles. The summed E-state index contributed by atoms with van der Waals surface area (Å²) in [6.45, 7) is 2.23. The van der Waals surface area contributed by atoms with Gasteiger partial charge in [0.25, 0.3) is 0 Å². The Bertz CT molecular complexity index is 577. The van der Waals surface area contributed by atoms with E-state index in [1.165, 1.54) is 5.56 Å². The van der Waals surface area contributed by atoms with Crippen molar-refractivity contribution in [3.63, 3.8) is 0 Å². The fraction of sp³-hybridized carbons (Fsp3) is 0.368. The molecule has 2 aromatic rings. The number of hydrogen-bond acceptors (Lipinski definition) is 4. The zero-order valence-electron chi connectivity index (χ0n) is 13.2. The number of rotatable bonds is 6. The second-order valence-corrected chi connectivity index (χ2v) is 5.83. The molecule has 0 aromatic heterocycles. The van der Waals surface area contributed by atoms with Crippen molar-refractivity contribution in [3.05, 3.63) is 65.7 Å². The molecular formula is C19H23NO3. The molecule has 23 heavy (non-hydrogen) atoms. The highest BCUT2D eigenvalue weighted by atomic mass is 16.7. The first-order valence-electron chi connectivity index (χ1n) is 8.11. The maximum Gasteiger partial charge on any atom is 0.183 e. The van der Waals surface area contributed by atoms with Gasteiger partial charge in [0.2, 0.25) is 0 Å². The van der Waals surface area contributed by atoms with Crippen molar-refractivity contribution < 1.29 is 14.6 Å². The maximum atomic E-state index is 9.31. The van der Waals surface area contributed by atoms with Crippen LogP contribution in [0.15, 0.2) is 54.6 Å². The number of ether oxygens (including phenoxy) is 2. The maximum absolute atomic E-state index is 9.31. The molecule has 2 N–H and O–H groups in total. The largest absolute Gasteiger partial charge is 0.508 e. The smallest absolute Gasteiger partial charge is 0.183 e. The van der Waals surface area contributed by atoms with Gasteiger partial charge in [-0.3, -0.25) is 0 Å². The molecule has 0 saturated carbocycles. The molecule has 1 aliphatic heterocycles. The molecule has 0 bridgehead atoms. The summed E-state index contributed by atoms with van der Waals surface area (Å²) >= 11 is 0. The van der Waals surface area contributed by atoms with Crippen LogP contribution in [0.2, 0.25) is 0 Å². The first kappa shape index (κ1) is 16.0. The van der Waals surface area contributed by atoms with Gasteiger partial charge in [0.1, 0.15) is 5.75 Å². The molecule has 0 aliphatic carbocycles. The van der Waals surface area contributed by atoms with E-state index in [9.17, 15) is 5.11 Å². The minimum atomic E-state index is -0.335. The number of nitrogens with one attached hydrogen (secondary N) is 1. The van der Waals surface area contributed by atoms with Crippen LogP contribution in [0, 0.1) is 0 Å². The van der Waals surface area contributed by atoms with Gasteiger partial charge in [-0.25, -0.2) is 0 Å². The molecule has 1 fully saturated rings. The lowest BCUT2D eigenvalue weighted by molar-refractivity contribution is -0.194. The Morgan fingerprint density at radius 3 is 2.35 bits per heavy atom. The summed E-state index contributed by atoms with van der Waals surface area (Å²) < 4.78 is 11.5. The summed E-state index contributed by atoms with van der Waals surface area (Å²) in [6.07, 6.45) is 1.85. The third-order valence-electron chi connectivity index (χ3n) is 3.98. The second kappa shape index (κ2) is 8.11. The lowest BCUT2D eigenvalue weighted by atomic mass is 10.1. The van der Waals surface area contributed by atoms with Crippen molar-refractivity contribution >= 4 is 0 Å². The molecule has 0 amide bonds. The molecule has 122 valence electrons. The van der Waals surface area contributed by atoms with E-state index in [0.29, 0.717) is 13.2 Å². The highest BCUT2D eigenvalue weighted by Gasteiger charge is 2.22. The van der Waals surface area contributed by atoms with Crippen LogP contribution in [-0.4, -0.2) is 30.9 Å². The third kappa shape index (κ3) is 4.79. The van der Waals surface area contributed by atoms with E-state index < -0.39 is 0 Å². The zero-order chi connectivity index (χ0) is 15.9. The number of phenols is 1. The molecule has 1 saturated heterocycles. The van der Waals surface area contributed by atoms with Gasteiger partial charge in [-0.05, 0) is 37.1 Å². The molecule has 0 radical (unpaired) electrons. The van der Waals surface area contributed by atoms with Gasteiger partial charge >= 0.3 is 0 Å². The van der Waals surface area contributed by atoms with Crippen molar-refractivity contribution in [1.29, 1.82) is 0 Å². The summed E-state index contributed by atoms with van der Waals surface area (Å²) in [5.41, 5.74) is 2.31. The fourth-order valence-electron chi connectivity index (χ4n) is 2.69. The predicted octanol–water partition coefficient (Wildman–Crippen LogP) is 3.03. The topological polar surface area (TPSA) is 50.7 Å². The molecule has 4 nitrogen and oxygen atoms in total. The highest BCUT2D eigenvalue weighted by Crippen LogP contribution is 2.24.